The van der Waals surface area contributed by atoms with E-state index in [0.29, 0.717) is 4.42 Å². The Morgan fingerprint density at radius 1 is 1.73 bits per heavy atom. The number of nitrogens with zero attached hydrogens (tertiary/aromatic N) is 3. The van der Waals surface area contributed by atoms with Gasteiger partial charge in [-0.3, -0.25) is 0 Å². The molecule has 0 unspecified atom stereocenters. The largest absolute Gasteiger partial charge is 0.350 e. The van der Waals surface area contributed by atoms with Gasteiger partial charge >= 0.3 is 6.03 Å². The number of carbonyl (C=O) groups excluding carboxylic acids is 1. The van der Waals surface area contributed by atoms with Gasteiger partial charge < -0.3 is 5.73 Å². The van der Waals surface area contributed by atoms with Crippen LogP contribution >= 0.6 is 11.8 Å². The zero-order chi connectivity index (χ0) is 8.27. The second kappa shape index (κ2) is 3.16. The van der Waals surface area contributed by atoms with Crippen LogP contribution in [0.15, 0.2) is 18.6 Å². The molecule has 0 radical (unpaired) electrons. The summed E-state index contributed by atoms with van der Waals surface area (Å²) in [5, 5.41) is 0. The number of rotatable bonds is 1. The summed E-state index contributed by atoms with van der Waals surface area (Å²) in [6, 6.07) is 0.697. The third-order valence-corrected chi connectivity index (χ3v) is 1.30. The second-order valence-corrected chi connectivity index (χ2v) is 2.02. The van der Waals surface area contributed by atoms with Crippen LogP contribution in [0.25, 0.3) is 0 Å². The van der Waals surface area contributed by atoms with Crippen molar-refractivity contribution < 1.29 is 4.79 Å². The minimum atomic E-state index is -0.773. The summed E-state index contributed by atoms with van der Waals surface area (Å²) in [6.07, 6.45) is 2.73. The smallest absolute Gasteiger partial charge is 0.335 e. The molecular weight excluding hydrogens is 168 g/mol. The predicted molar refractivity (Wildman–Crippen MR) is 39.9 cm³/mol. The van der Waals surface area contributed by atoms with Crippen molar-refractivity contribution in [2.24, 2.45) is 5.73 Å². The van der Waals surface area contributed by atoms with Crippen molar-refractivity contribution in [1.29, 1.82) is 0 Å². The molecule has 1 heterocycles. The van der Waals surface area contributed by atoms with E-state index < -0.39 is 6.03 Å². The van der Waals surface area contributed by atoms with Gasteiger partial charge in [0.2, 0.25) is 0 Å². The maximum atomic E-state index is 10.5. The Balaban J connectivity index is 2.85. The third kappa shape index (κ3) is 1.78. The van der Waals surface area contributed by atoms with E-state index >= 15 is 0 Å². The Morgan fingerprint density at radius 2 is 2.45 bits per heavy atom. The molecule has 0 spiro atoms. The molecule has 0 aliphatic carbocycles. The molecule has 0 aliphatic rings. The fourth-order valence-corrected chi connectivity index (χ4v) is 0.613. The van der Waals surface area contributed by atoms with E-state index in [1.807, 2.05) is 0 Å². The molecule has 0 aromatic carbocycles. The summed E-state index contributed by atoms with van der Waals surface area (Å²) >= 11 is 5.41. The quantitative estimate of drug-likeness (QED) is 0.628. The summed E-state index contributed by atoms with van der Waals surface area (Å²) in [5.74, 6) is 0.258. The fourth-order valence-electron chi connectivity index (χ4n) is 0.513. The van der Waals surface area contributed by atoms with Crippen LogP contribution in [0.3, 0.4) is 0 Å². The molecule has 1 aromatic rings. The van der Waals surface area contributed by atoms with E-state index in [-0.39, 0.29) is 5.82 Å². The Kier molecular flexibility index (Phi) is 2.22. The van der Waals surface area contributed by atoms with Gasteiger partial charge in [0.05, 0.1) is 0 Å². The number of aromatic nitrogens is 2. The van der Waals surface area contributed by atoms with Crippen LogP contribution in [0, 0.1) is 0 Å². The normalized spacial score (nSPS) is 9.18. The number of anilines is 1. The maximum Gasteiger partial charge on any atom is 0.335 e. The van der Waals surface area contributed by atoms with Crippen molar-refractivity contribution >= 4 is 23.6 Å². The lowest BCUT2D eigenvalue weighted by atomic mass is 10.6. The molecule has 2 N–H and O–H groups in total. The van der Waals surface area contributed by atoms with Gasteiger partial charge in [-0.1, -0.05) is 0 Å². The lowest BCUT2D eigenvalue weighted by Crippen LogP contribution is -2.27. The predicted octanol–water partition coefficient (Wildman–Crippen LogP) is 0.516. The molecule has 1 aromatic heterocycles. The molecule has 0 fully saturated rings. The van der Waals surface area contributed by atoms with Gasteiger partial charge in [0, 0.05) is 24.0 Å². The highest BCUT2D eigenvalue weighted by Crippen LogP contribution is 2.09. The van der Waals surface area contributed by atoms with Crippen LogP contribution in [-0.2, 0) is 0 Å². The van der Waals surface area contributed by atoms with E-state index in [0.717, 1.165) is 0 Å². The summed E-state index contributed by atoms with van der Waals surface area (Å²) in [7, 11) is 0. The molecule has 0 bridgehead atoms. The van der Waals surface area contributed by atoms with E-state index in [9.17, 15) is 4.79 Å². The second-order valence-electron chi connectivity index (χ2n) is 1.69. The molecule has 1 rings (SSSR count). The number of urea groups is 1. The molecule has 58 valence electrons. The van der Waals surface area contributed by atoms with Crippen molar-refractivity contribution in [2.75, 3.05) is 4.42 Å². The SMILES string of the molecule is NC(=O)N(Cl)c1ccncn1. The number of hydrogen-bond donors (Lipinski definition) is 1. The van der Waals surface area contributed by atoms with Crippen LogP contribution in [0.1, 0.15) is 0 Å². The monoisotopic (exact) mass is 172 g/mol. The highest BCUT2D eigenvalue weighted by Gasteiger charge is 2.08. The van der Waals surface area contributed by atoms with Crippen molar-refractivity contribution in [3.8, 4) is 0 Å². The zero-order valence-electron chi connectivity index (χ0n) is 5.44. The average Bonchev–Trinajstić information content (AvgIpc) is 2.05. The summed E-state index contributed by atoms with van der Waals surface area (Å²) in [6.45, 7) is 0. The molecule has 0 atom stereocenters. The molecule has 0 saturated heterocycles. The zero-order valence-corrected chi connectivity index (χ0v) is 6.19. The summed E-state index contributed by atoms with van der Waals surface area (Å²) in [5.41, 5.74) is 4.86. The van der Waals surface area contributed by atoms with Gasteiger partial charge in [-0.2, -0.15) is 4.42 Å². The van der Waals surface area contributed by atoms with E-state index in [1.54, 1.807) is 0 Å². The maximum absolute atomic E-state index is 10.5. The first-order valence-electron chi connectivity index (χ1n) is 2.73. The van der Waals surface area contributed by atoms with Crippen molar-refractivity contribution in [3.05, 3.63) is 18.6 Å². The number of halogens is 1. The number of primary amides is 1. The number of nitrogens with two attached hydrogens (primary N) is 1. The first kappa shape index (κ1) is 7.74. The molecule has 2 amide bonds. The standard InChI is InChI=1S/C5H5ClN4O/c6-10(5(7)11)4-1-2-8-3-9-4/h1-3H,(H2,7,11). The Hall–Kier alpha value is -1.36. The van der Waals surface area contributed by atoms with Crippen LogP contribution < -0.4 is 10.2 Å². The number of amides is 2. The Bertz CT molecular complexity index is 252. The summed E-state index contributed by atoms with van der Waals surface area (Å²) in [4.78, 5) is 17.8. The highest BCUT2D eigenvalue weighted by atomic mass is 35.5. The average molecular weight is 173 g/mol. The van der Waals surface area contributed by atoms with Gasteiger partial charge in [0.1, 0.15) is 6.33 Å². The molecule has 5 nitrogen and oxygen atoms in total. The van der Waals surface area contributed by atoms with Crippen molar-refractivity contribution in [2.45, 2.75) is 0 Å². The van der Waals surface area contributed by atoms with Crippen LogP contribution in [0.4, 0.5) is 10.6 Å². The molecule has 6 heteroatoms. The van der Waals surface area contributed by atoms with E-state index in [4.69, 9.17) is 17.5 Å². The van der Waals surface area contributed by atoms with Crippen molar-refractivity contribution in [1.82, 2.24) is 9.97 Å². The van der Waals surface area contributed by atoms with Crippen molar-refractivity contribution in [3.63, 3.8) is 0 Å². The van der Waals surface area contributed by atoms with Crippen LogP contribution in [0.2, 0.25) is 0 Å². The van der Waals surface area contributed by atoms with Gasteiger partial charge in [0.15, 0.2) is 5.82 Å². The molecule has 11 heavy (non-hydrogen) atoms. The van der Waals surface area contributed by atoms with E-state index in [1.165, 1.54) is 18.6 Å². The molecular formula is C5H5ClN4O. The Morgan fingerprint density at radius 3 is 2.91 bits per heavy atom. The number of hydrogen-bond acceptors (Lipinski definition) is 3. The topological polar surface area (TPSA) is 72.1 Å². The van der Waals surface area contributed by atoms with Gasteiger partial charge in [-0.25, -0.2) is 14.8 Å². The van der Waals surface area contributed by atoms with Gasteiger partial charge in [-0.05, 0) is 0 Å². The first-order valence-corrected chi connectivity index (χ1v) is 3.07. The minimum Gasteiger partial charge on any atom is -0.350 e. The third-order valence-electron chi connectivity index (χ3n) is 0.961. The van der Waals surface area contributed by atoms with Crippen LogP contribution in [-0.4, -0.2) is 16.0 Å². The highest BCUT2D eigenvalue weighted by molar-refractivity contribution is 6.35. The van der Waals surface area contributed by atoms with Gasteiger partial charge in [0.25, 0.3) is 0 Å². The molecule has 0 aliphatic heterocycles. The fraction of sp³-hybridized carbons (Fsp3) is 0. The lowest BCUT2D eigenvalue weighted by molar-refractivity contribution is 0.257. The summed E-state index contributed by atoms with van der Waals surface area (Å²) < 4.78 is 0.710. The lowest BCUT2D eigenvalue weighted by Gasteiger charge is -2.07. The van der Waals surface area contributed by atoms with Crippen LogP contribution in [0.5, 0.6) is 0 Å². The minimum absolute atomic E-state index is 0.258. The first-order chi connectivity index (χ1) is 5.22. The van der Waals surface area contributed by atoms with E-state index in [2.05, 4.69) is 9.97 Å². The Labute approximate surface area is 67.9 Å². The number of carbonyl (C=O) groups is 1. The molecule has 0 saturated carbocycles. The van der Waals surface area contributed by atoms with Gasteiger partial charge in [-0.15, -0.1) is 0 Å².